The molecule has 1 aliphatic heterocycles. The topological polar surface area (TPSA) is 93.4 Å². The number of ether oxygens (including phenoxy) is 1. The zero-order valence-electron chi connectivity index (χ0n) is 18.8. The Bertz CT molecular complexity index is 1090. The highest BCUT2D eigenvalue weighted by Crippen LogP contribution is 2.33. The molecule has 1 aromatic heterocycles. The second-order valence-corrected chi connectivity index (χ2v) is 8.07. The predicted molar refractivity (Wildman–Crippen MR) is 131 cm³/mol. The van der Waals surface area contributed by atoms with Crippen LogP contribution in [-0.4, -0.2) is 40.4 Å². The number of benzene rings is 2. The van der Waals surface area contributed by atoms with Crippen LogP contribution in [-0.2, 0) is 4.79 Å². The van der Waals surface area contributed by atoms with E-state index in [9.17, 15) is 4.79 Å². The minimum absolute atomic E-state index is 0.0921. The summed E-state index contributed by atoms with van der Waals surface area (Å²) < 4.78 is 5.89. The highest BCUT2D eigenvalue weighted by Gasteiger charge is 2.22. The van der Waals surface area contributed by atoms with Gasteiger partial charge in [0, 0.05) is 19.6 Å². The molecule has 7 nitrogen and oxygen atoms in total. The lowest BCUT2D eigenvalue weighted by Crippen LogP contribution is -2.39. The van der Waals surface area contributed by atoms with Gasteiger partial charge in [0.1, 0.15) is 29.5 Å². The van der Waals surface area contributed by atoms with Crippen molar-refractivity contribution in [2.24, 2.45) is 5.92 Å². The molecule has 0 unspecified atom stereocenters. The molecule has 170 valence electrons. The van der Waals surface area contributed by atoms with E-state index in [-0.39, 0.29) is 5.91 Å². The van der Waals surface area contributed by atoms with Crippen LogP contribution in [0.2, 0.25) is 0 Å². The number of hydrogen-bond acceptors (Lipinski definition) is 6. The Kier molecular flexibility index (Phi) is 7.19. The number of likely N-dealkylation sites (tertiary alicyclic amines) is 1. The quantitative estimate of drug-likeness (QED) is 0.512. The number of nitrogen functional groups attached to an aromatic ring is 1. The van der Waals surface area contributed by atoms with Crippen molar-refractivity contribution >= 4 is 17.5 Å². The molecule has 7 heteroatoms. The summed E-state index contributed by atoms with van der Waals surface area (Å²) >= 11 is 0. The summed E-state index contributed by atoms with van der Waals surface area (Å²) in [5.74, 6) is 3.23. The Morgan fingerprint density at radius 1 is 1.09 bits per heavy atom. The summed E-state index contributed by atoms with van der Waals surface area (Å²) in [5, 5.41) is 3.47. The van der Waals surface area contributed by atoms with Gasteiger partial charge in [-0.1, -0.05) is 36.4 Å². The predicted octanol–water partition coefficient (Wildman–Crippen LogP) is 4.74. The third-order valence-electron chi connectivity index (χ3n) is 5.79. The molecular weight excluding hydrogens is 414 g/mol. The molecule has 1 aliphatic rings. The number of nitrogens with two attached hydrogens (primary N) is 1. The Labute approximate surface area is 194 Å². The van der Waals surface area contributed by atoms with Gasteiger partial charge in [-0.25, -0.2) is 9.97 Å². The number of nitrogens with zero attached hydrogens (tertiary/aromatic N) is 3. The fourth-order valence-corrected chi connectivity index (χ4v) is 3.98. The first-order valence-electron chi connectivity index (χ1n) is 11.2. The molecule has 1 saturated heterocycles. The van der Waals surface area contributed by atoms with Gasteiger partial charge in [0.15, 0.2) is 0 Å². The number of rotatable bonds is 7. The molecular formula is C26H29N5O2. The summed E-state index contributed by atoms with van der Waals surface area (Å²) in [6, 6.07) is 17.4. The van der Waals surface area contributed by atoms with Crippen LogP contribution in [0.15, 0.2) is 73.1 Å². The Morgan fingerprint density at radius 3 is 2.48 bits per heavy atom. The van der Waals surface area contributed by atoms with Gasteiger partial charge < -0.3 is 20.7 Å². The SMILES string of the molecule is CC=CC(=O)N1CCC(CNc2ncnc(N)c2-c2ccc(Oc3ccccc3)cc2)CC1. The van der Waals surface area contributed by atoms with Crippen LogP contribution in [0, 0.1) is 5.92 Å². The zero-order chi connectivity index (χ0) is 23.0. The van der Waals surface area contributed by atoms with Crippen molar-refractivity contribution < 1.29 is 9.53 Å². The Morgan fingerprint density at radius 2 is 1.79 bits per heavy atom. The first kappa shape index (κ1) is 22.3. The van der Waals surface area contributed by atoms with Crippen molar-refractivity contribution in [3.63, 3.8) is 0 Å². The highest BCUT2D eigenvalue weighted by atomic mass is 16.5. The lowest BCUT2D eigenvalue weighted by atomic mass is 9.96. The van der Waals surface area contributed by atoms with Crippen LogP contribution in [0.4, 0.5) is 11.6 Å². The Balaban J connectivity index is 1.41. The van der Waals surface area contributed by atoms with E-state index in [0.29, 0.717) is 17.6 Å². The zero-order valence-corrected chi connectivity index (χ0v) is 18.8. The third-order valence-corrected chi connectivity index (χ3v) is 5.79. The van der Waals surface area contributed by atoms with Gasteiger partial charge in [-0.2, -0.15) is 0 Å². The molecule has 4 rings (SSSR count). The number of carbonyl (C=O) groups is 1. The standard InChI is InChI=1S/C26H29N5O2/c1-2-6-23(32)31-15-13-19(14-16-31)17-28-26-24(25(27)29-18-30-26)20-9-11-22(12-10-20)33-21-7-4-3-5-8-21/h2-12,18-19H,13-17H2,1H3,(H3,27,28,29,30). The first-order valence-corrected chi connectivity index (χ1v) is 11.2. The molecule has 0 radical (unpaired) electrons. The lowest BCUT2D eigenvalue weighted by Gasteiger charge is -2.31. The van der Waals surface area contributed by atoms with E-state index in [1.54, 1.807) is 12.2 Å². The average Bonchev–Trinajstić information content (AvgIpc) is 2.84. The van der Waals surface area contributed by atoms with Gasteiger partial charge in [0.25, 0.3) is 0 Å². The number of carbonyl (C=O) groups excluding carboxylic acids is 1. The molecule has 1 fully saturated rings. The summed E-state index contributed by atoms with van der Waals surface area (Å²) in [6.45, 7) is 4.18. The summed E-state index contributed by atoms with van der Waals surface area (Å²) in [6.07, 6.45) is 6.81. The molecule has 3 N–H and O–H groups in total. The van der Waals surface area contributed by atoms with Crippen LogP contribution >= 0.6 is 0 Å². The third kappa shape index (κ3) is 5.68. The number of amides is 1. The van der Waals surface area contributed by atoms with E-state index in [4.69, 9.17) is 10.5 Å². The number of nitrogens with one attached hydrogen (secondary N) is 1. The second kappa shape index (κ2) is 10.6. The van der Waals surface area contributed by atoms with Crippen molar-refractivity contribution in [1.29, 1.82) is 0 Å². The maximum absolute atomic E-state index is 12.0. The van der Waals surface area contributed by atoms with E-state index in [1.807, 2.05) is 66.4 Å². The summed E-state index contributed by atoms with van der Waals surface area (Å²) in [4.78, 5) is 22.6. The number of aromatic nitrogens is 2. The monoisotopic (exact) mass is 443 g/mol. The molecule has 1 amide bonds. The minimum Gasteiger partial charge on any atom is -0.457 e. The van der Waals surface area contributed by atoms with E-state index in [2.05, 4.69) is 15.3 Å². The fourth-order valence-electron chi connectivity index (χ4n) is 3.98. The van der Waals surface area contributed by atoms with E-state index >= 15 is 0 Å². The molecule has 33 heavy (non-hydrogen) atoms. The van der Waals surface area contributed by atoms with Crippen LogP contribution in [0.25, 0.3) is 11.1 Å². The maximum atomic E-state index is 12.0. The Hall–Kier alpha value is -3.87. The van der Waals surface area contributed by atoms with Gasteiger partial charge in [-0.15, -0.1) is 0 Å². The second-order valence-electron chi connectivity index (χ2n) is 8.07. The summed E-state index contributed by atoms with van der Waals surface area (Å²) in [7, 11) is 0. The molecule has 2 heterocycles. The van der Waals surface area contributed by atoms with Crippen molar-refractivity contribution in [1.82, 2.24) is 14.9 Å². The lowest BCUT2D eigenvalue weighted by molar-refractivity contribution is -0.127. The van der Waals surface area contributed by atoms with Crippen LogP contribution in [0.5, 0.6) is 11.5 Å². The summed E-state index contributed by atoms with van der Waals surface area (Å²) in [5.41, 5.74) is 7.93. The van der Waals surface area contributed by atoms with Crippen LogP contribution in [0.3, 0.4) is 0 Å². The average molecular weight is 444 g/mol. The van der Waals surface area contributed by atoms with Crippen molar-refractivity contribution in [2.45, 2.75) is 19.8 Å². The van der Waals surface area contributed by atoms with E-state index in [1.165, 1.54) is 6.33 Å². The van der Waals surface area contributed by atoms with Gasteiger partial charge in [-0.05, 0) is 61.6 Å². The van der Waals surface area contributed by atoms with Crippen LogP contribution < -0.4 is 15.8 Å². The normalized spacial score (nSPS) is 14.4. The molecule has 0 saturated carbocycles. The van der Waals surface area contributed by atoms with Gasteiger partial charge in [0.05, 0.1) is 5.56 Å². The molecule has 3 aromatic rings. The number of hydrogen-bond donors (Lipinski definition) is 2. The first-order chi connectivity index (χ1) is 16.1. The smallest absolute Gasteiger partial charge is 0.246 e. The van der Waals surface area contributed by atoms with Gasteiger partial charge in [-0.3, -0.25) is 4.79 Å². The molecule has 0 atom stereocenters. The van der Waals surface area contributed by atoms with Crippen molar-refractivity contribution in [2.75, 3.05) is 30.7 Å². The number of para-hydroxylation sites is 1. The minimum atomic E-state index is 0.0921. The highest BCUT2D eigenvalue weighted by molar-refractivity contribution is 5.87. The van der Waals surface area contributed by atoms with Gasteiger partial charge >= 0.3 is 0 Å². The molecule has 0 aliphatic carbocycles. The number of piperidine rings is 1. The largest absolute Gasteiger partial charge is 0.457 e. The molecule has 2 aromatic carbocycles. The molecule has 0 spiro atoms. The number of anilines is 2. The number of allylic oxidation sites excluding steroid dienone is 1. The molecule has 0 bridgehead atoms. The van der Waals surface area contributed by atoms with E-state index < -0.39 is 0 Å². The maximum Gasteiger partial charge on any atom is 0.246 e. The van der Waals surface area contributed by atoms with Crippen molar-refractivity contribution in [3.8, 4) is 22.6 Å². The fraction of sp³-hybridized carbons (Fsp3) is 0.269. The van der Waals surface area contributed by atoms with Crippen LogP contribution in [0.1, 0.15) is 19.8 Å². The van der Waals surface area contributed by atoms with Gasteiger partial charge in [0.2, 0.25) is 5.91 Å². The van der Waals surface area contributed by atoms with Crippen molar-refractivity contribution in [3.05, 3.63) is 73.1 Å². The van der Waals surface area contributed by atoms with E-state index in [0.717, 1.165) is 55.1 Å².